The van der Waals surface area contributed by atoms with Gasteiger partial charge >= 0.3 is 5.69 Å². The smallest absolute Gasteiger partial charge is 0.341 e. The van der Waals surface area contributed by atoms with Gasteiger partial charge in [-0.15, -0.1) is 5.10 Å². The van der Waals surface area contributed by atoms with E-state index in [-0.39, 0.29) is 18.1 Å². The largest absolute Gasteiger partial charge is 0.351 e. The molecule has 1 aliphatic rings. The van der Waals surface area contributed by atoms with E-state index in [0.717, 1.165) is 37.1 Å². The lowest BCUT2D eigenvalue weighted by atomic mass is 10.2. The number of hydrogen-bond acceptors (Lipinski definition) is 3. The van der Waals surface area contributed by atoms with Gasteiger partial charge in [0.05, 0.1) is 5.69 Å². The van der Waals surface area contributed by atoms with Gasteiger partial charge in [-0.1, -0.05) is 42.5 Å². The lowest BCUT2D eigenvalue weighted by Gasteiger charge is -2.15. The molecule has 4 rings (SSSR count). The number of likely N-dealkylation sites (tertiary alicyclic amines) is 1. The summed E-state index contributed by atoms with van der Waals surface area (Å²) in [5.41, 5.74) is 2.26. The lowest BCUT2D eigenvalue weighted by Crippen LogP contribution is -2.35. The minimum absolute atomic E-state index is 0.00881. The average molecular weight is 362 g/mol. The summed E-state index contributed by atoms with van der Waals surface area (Å²) in [7, 11) is 0. The van der Waals surface area contributed by atoms with Crippen LogP contribution in [0.15, 0.2) is 59.4 Å². The Labute approximate surface area is 157 Å². The van der Waals surface area contributed by atoms with E-state index in [9.17, 15) is 9.59 Å². The van der Waals surface area contributed by atoms with Crippen LogP contribution in [0.4, 0.5) is 0 Å². The van der Waals surface area contributed by atoms with Crippen molar-refractivity contribution in [3.05, 3.63) is 70.6 Å². The third-order valence-corrected chi connectivity index (χ3v) is 4.89. The van der Waals surface area contributed by atoms with Gasteiger partial charge in [-0.25, -0.2) is 4.79 Å². The molecule has 0 aliphatic carbocycles. The van der Waals surface area contributed by atoms with Gasteiger partial charge in [0.15, 0.2) is 5.82 Å². The van der Waals surface area contributed by atoms with E-state index in [1.54, 1.807) is 0 Å². The zero-order valence-electron chi connectivity index (χ0n) is 15.3. The molecule has 27 heavy (non-hydrogen) atoms. The molecule has 6 heteroatoms. The molecule has 0 atom stereocenters. The van der Waals surface area contributed by atoms with Crippen molar-refractivity contribution in [1.29, 1.82) is 0 Å². The second-order valence-corrected chi connectivity index (χ2v) is 6.90. The van der Waals surface area contributed by atoms with Gasteiger partial charge in [0.25, 0.3) is 0 Å². The maximum Gasteiger partial charge on any atom is 0.351 e. The number of aromatic nitrogens is 3. The first-order valence-corrected chi connectivity index (χ1v) is 9.23. The van der Waals surface area contributed by atoms with Crippen molar-refractivity contribution in [3.63, 3.8) is 0 Å². The average Bonchev–Trinajstić information content (AvgIpc) is 3.32. The Hall–Kier alpha value is -3.15. The van der Waals surface area contributed by atoms with Crippen LogP contribution in [0.5, 0.6) is 0 Å². The second-order valence-electron chi connectivity index (χ2n) is 6.90. The first-order chi connectivity index (χ1) is 13.1. The van der Waals surface area contributed by atoms with Crippen molar-refractivity contribution in [2.24, 2.45) is 0 Å². The number of carbonyl (C=O) groups excluding carboxylic acids is 1. The fourth-order valence-corrected chi connectivity index (χ4v) is 3.47. The summed E-state index contributed by atoms with van der Waals surface area (Å²) in [6.45, 7) is 3.51. The van der Waals surface area contributed by atoms with Crippen LogP contribution < -0.4 is 5.69 Å². The van der Waals surface area contributed by atoms with Crippen LogP contribution in [0.3, 0.4) is 0 Å². The van der Waals surface area contributed by atoms with E-state index in [2.05, 4.69) is 5.10 Å². The Balaban J connectivity index is 1.80. The van der Waals surface area contributed by atoms with Gasteiger partial charge in [0, 0.05) is 18.7 Å². The lowest BCUT2D eigenvalue weighted by molar-refractivity contribution is -0.130. The number of rotatable bonds is 4. The number of benzene rings is 2. The Kier molecular flexibility index (Phi) is 4.62. The summed E-state index contributed by atoms with van der Waals surface area (Å²) < 4.78 is 2.87. The summed E-state index contributed by atoms with van der Waals surface area (Å²) in [4.78, 5) is 27.6. The zero-order chi connectivity index (χ0) is 18.8. The molecule has 2 aromatic carbocycles. The van der Waals surface area contributed by atoms with E-state index >= 15 is 0 Å². The fourth-order valence-electron chi connectivity index (χ4n) is 3.47. The molecule has 1 aromatic heterocycles. The highest BCUT2D eigenvalue weighted by Crippen LogP contribution is 2.18. The van der Waals surface area contributed by atoms with Gasteiger partial charge in [-0.2, -0.15) is 4.68 Å². The quantitative estimate of drug-likeness (QED) is 0.717. The van der Waals surface area contributed by atoms with E-state index < -0.39 is 0 Å². The highest BCUT2D eigenvalue weighted by molar-refractivity contribution is 5.77. The van der Waals surface area contributed by atoms with Crippen LogP contribution in [0.1, 0.15) is 18.4 Å². The fraction of sp³-hybridized carbons (Fsp3) is 0.286. The van der Waals surface area contributed by atoms with Crippen LogP contribution >= 0.6 is 0 Å². The highest BCUT2D eigenvalue weighted by Gasteiger charge is 2.23. The van der Waals surface area contributed by atoms with Gasteiger partial charge in [-0.3, -0.25) is 9.36 Å². The van der Waals surface area contributed by atoms with Crippen LogP contribution in [0.25, 0.3) is 17.1 Å². The van der Waals surface area contributed by atoms with E-state index in [1.807, 2.05) is 66.4 Å². The molecule has 3 aromatic rings. The van der Waals surface area contributed by atoms with Gasteiger partial charge in [0.2, 0.25) is 5.91 Å². The van der Waals surface area contributed by atoms with Crippen LogP contribution in [0.2, 0.25) is 0 Å². The SMILES string of the molecule is Cc1cccc(-n2nc(-c3ccccc3)n(CC(=O)N3CCCC3)c2=O)c1. The predicted octanol–water partition coefficient (Wildman–Crippen LogP) is 2.63. The summed E-state index contributed by atoms with van der Waals surface area (Å²) in [6, 6.07) is 17.2. The Morgan fingerprint density at radius 3 is 2.48 bits per heavy atom. The molecule has 1 amide bonds. The van der Waals surface area contributed by atoms with Gasteiger partial charge < -0.3 is 4.90 Å². The van der Waals surface area contributed by atoms with Gasteiger partial charge in [-0.05, 0) is 37.5 Å². The maximum absolute atomic E-state index is 13.1. The second kappa shape index (κ2) is 7.23. The summed E-state index contributed by atoms with van der Waals surface area (Å²) >= 11 is 0. The van der Waals surface area contributed by atoms with Crippen LogP contribution in [-0.4, -0.2) is 38.2 Å². The molecular weight excluding hydrogens is 340 g/mol. The highest BCUT2D eigenvalue weighted by atomic mass is 16.2. The van der Waals surface area contributed by atoms with Crippen LogP contribution in [0, 0.1) is 6.92 Å². The Bertz CT molecular complexity index is 1010. The molecule has 138 valence electrons. The molecule has 0 unspecified atom stereocenters. The monoisotopic (exact) mass is 362 g/mol. The molecule has 2 heterocycles. The summed E-state index contributed by atoms with van der Waals surface area (Å²) in [6.07, 6.45) is 2.05. The summed E-state index contributed by atoms with van der Waals surface area (Å²) in [5, 5.41) is 4.57. The number of aryl methyl sites for hydroxylation is 1. The molecular formula is C21H22N4O2. The molecule has 0 saturated carbocycles. The molecule has 1 fully saturated rings. The van der Waals surface area contributed by atoms with Crippen molar-refractivity contribution in [3.8, 4) is 17.1 Å². The minimum atomic E-state index is -0.299. The van der Waals surface area contributed by atoms with Crippen molar-refractivity contribution in [2.45, 2.75) is 26.3 Å². The molecule has 1 saturated heterocycles. The standard InChI is InChI=1S/C21H22N4O2/c1-16-8-7-11-18(14-16)25-21(27)24(15-19(26)23-12-5-6-13-23)20(22-25)17-9-3-2-4-10-17/h2-4,7-11,14H,5-6,12-13,15H2,1H3. The number of hydrogen-bond donors (Lipinski definition) is 0. The molecule has 0 bridgehead atoms. The molecule has 0 spiro atoms. The predicted molar refractivity (Wildman–Crippen MR) is 104 cm³/mol. The Morgan fingerprint density at radius 1 is 1.04 bits per heavy atom. The molecule has 0 radical (unpaired) electrons. The third kappa shape index (κ3) is 3.43. The zero-order valence-corrected chi connectivity index (χ0v) is 15.3. The number of carbonyl (C=O) groups is 1. The van der Waals surface area contributed by atoms with E-state index in [0.29, 0.717) is 11.5 Å². The topological polar surface area (TPSA) is 60.1 Å². The summed E-state index contributed by atoms with van der Waals surface area (Å²) in [5.74, 6) is 0.477. The molecule has 0 N–H and O–H groups in total. The molecule has 1 aliphatic heterocycles. The van der Waals surface area contributed by atoms with Crippen molar-refractivity contribution in [2.75, 3.05) is 13.1 Å². The molecule has 6 nitrogen and oxygen atoms in total. The maximum atomic E-state index is 13.1. The van der Waals surface area contributed by atoms with Crippen molar-refractivity contribution >= 4 is 5.91 Å². The first kappa shape index (κ1) is 17.3. The normalized spacial score (nSPS) is 13.9. The van der Waals surface area contributed by atoms with Crippen molar-refractivity contribution < 1.29 is 4.79 Å². The van der Waals surface area contributed by atoms with Crippen LogP contribution in [-0.2, 0) is 11.3 Å². The van der Waals surface area contributed by atoms with Crippen molar-refractivity contribution in [1.82, 2.24) is 19.2 Å². The third-order valence-electron chi connectivity index (χ3n) is 4.89. The first-order valence-electron chi connectivity index (χ1n) is 9.23. The Morgan fingerprint density at radius 2 is 1.78 bits per heavy atom. The van der Waals surface area contributed by atoms with E-state index in [1.165, 1.54) is 9.25 Å². The number of nitrogens with zero attached hydrogens (tertiary/aromatic N) is 4. The minimum Gasteiger partial charge on any atom is -0.341 e. The van der Waals surface area contributed by atoms with Gasteiger partial charge in [0.1, 0.15) is 6.54 Å². The number of amides is 1. The van der Waals surface area contributed by atoms with E-state index in [4.69, 9.17) is 0 Å².